The Balaban J connectivity index is 2.08. The maximum Gasteiger partial charge on any atom is 0.161 e. The lowest BCUT2D eigenvalue weighted by Gasteiger charge is -2.21. The minimum atomic E-state index is 0.196. The summed E-state index contributed by atoms with van der Waals surface area (Å²) in [5.41, 5.74) is 1.15. The molecule has 1 aromatic rings. The Morgan fingerprint density at radius 2 is 2.12 bits per heavy atom. The number of halogens is 1. The first-order valence-electron chi connectivity index (χ1n) is 5.63. The molecule has 0 fully saturated rings. The van der Waals surface area contributed by atoms with Crippen molar-refractivity contribution in [2.75, 3.05) is 19.8 Å². The Morgan fingerprint density at radius 1 is 1.41 bits per heavy atom. The van der Waals surface area contributed by atoms with E-state index in [-0.39, 0.29) is 6.04 Å². The molecule has 1 aliphatic heterocycles. The first-order chi connectivity index (χ1) is 8.16. The predicted molar refractivity (Wildman–Crippen MR) is 68.8 cm³/mol. The molecule has 0 radical (unpaired) electrons. The average molecular weight is 254 g/mol. The fourth-order valence-corrected chi connectivity index (χ4v) is 1.79. The van der Waals surface area contributed by atoms with Gasteiger partial charge in [0.2, 0.25) is 0 Å². The van der Waals surface area contributed by atoms with E-state index in [0.717, 1.165) is 17.1 Å². The van der Waals surface area contributed by atoms with E-state index in [9.17, 15) is 0 Å². The van der Waals surface area contributed by atoms with Crippen LogP contribution in [0.3, 0.4) is 0 Å². The van der Waals surface area contributed by atoms with E-state index in [1.807, 2.05) is 18.2 Å². The summed E-state index contributed by atoms with van der Waals surface area (Å²) in [7, 11) is 0. The Kier molecular flexibility index (Phi) is 3.92. The van der Waals surface area contributed by atoms with Gasteiger partial charge in [-0.2, -0.15) is 0 Å². The molecule has 17 heavy (non-hydrogen) atoms. The zero-order chi connectivity index (χ0) is 12.3. The summed E-state index contributed by atoms with van der Waals surface area (Å²) in [6.45, 7) is 7.54. The van der Waals surface area contributed by atoms with Crippen LogP contribution in [0.2, 0.25) is 0 Å². The maximum atomic E-state index is 5.72. The molecule has 1 aliphatic rings. The van der Waals surface area contributed by atoms with Gasteiger partial charge in [0.15, 0.2) is 11.5 Å². The molecular formula is C13H16ClNO2. The van der Waals surface area contributed by atoms with Crippen molar-refractivity contribution in [2.24, 2.45) is 0 Å². The molecule has 0 aliphatic carbocycles. The van der Waals surface area contributed by atoms with Crippen LogP contribution >= 0.6 is 11.6 Å². The molecule has 3 nitrogen and oxygen atoms in total. The van der Waals surface area contributed by atoms with Crippen LogP contribution in [0.25, 0.3) is 0 Å². The summed E-state index contributed by atoms with van der Waals surface area (Å²) >= 11 is 5.72. The van der Waals surface area contributed by atoms with Gasteiger partial charge in [0.1, 0.15) is 13.2 Å². The van der Waals surface area contributed by atoms with Crippen molar-refractivity contribution in [3.63, 3.8) is 0 Å². The molecule has 1 heterocycles. The number of fused-ring (bicyclic) bond motifs is 1. The van der Waals surface area contributed by atoms with Gasteiger partial charge < -0.3 is 14.8 Å². The summed E-state index contributed by atoms with van der Waals surface area (Å²) in [5, 5.41) is 3.88. The van der Waals surface area contributed by atoms with Gasteiger partial charge in [-0.25, -0.2) is 0 Å². The predicted octanol–water partition coefficient (Wildman–Crippen LogP) is 2.86. The lowest BCUT2D eigenvalue weighted by Crippen LogP contribution is -2.20. The highest BCUT2D eigenvalue weighted by molar-refractivity contribution is 6.29. The second-order valence-corrected chi connectivity index (χ2v) is 4.56. The first-order valence-corrected chi connectivity index (χ1v) is 6.01. The Morgan fingerprint density at radius 3 is 2.82 bits per heavy atom. The third kappa shape index (κ3) is 3.14. The van der Waals surface area contributed by atoms with Gasteiger partial charge in [0.05, 0.1) is 0 Å². The third-order valence-electron chi connectivity index (χ3n) is 2.67. The highest BCUT2D eigenvalue weighted by Crippen LogP contribution is 2.32. The standard InChI is InChI=1S/C13H16ClNO2/c1-9(14)8-15-10(2)11-3-4-12-13(7-11)17-6-5-16-12/h3-4,7,10,15H,1,5-6,8H2,2H3. The van der Waals surface area contributed by atoms with Crippen molar-refractivity contribution in [3.05, 3.63) is 35.4 Å². The quantitative estimate of drug-likeness (QED) is 0.895. The molecule has 1 aromatic carbocycles. The maximum absolute atomic E-state index is 5.72. The summed E-state index contributed by atoms with van der Waals surface area (Å²) in [6.07, 6.45) is 0. The van der Waals surface area contributed by atoms with Crippen molar-refractivity contribution < 1.29 is 9.47 Å². The zero-order valence-electron chi connectivity index (χ0n) is 9.83. The highest BCUT2D eigenvalue weighted by Gasteiger charge is 2.14. The minimum Gasteiger partial charge on any atom is -0.486 e. The molecule has 2 rings (SSSR count). The van der Waals surface area contributed by atoms with Crippen LogP contribution in [0.5, 0.6) is 11.5 Å². The molecule has 0 saturated heterocycles. The van der Waals surface area contributed by atoms with Crippen LogP contribution in [-0.4, -0.2) is 19.8 Å². The van der Waals surface area contributed by atoms with Crippen molar-refractivity contribution in [3.8, 4) is 11.5 Å². The molecule has 0 saturated carbocycles. The van der Waals surface area contributed by atoms with Crippen LogP contribution in [-0.2, 0) is 0 Å². The molecule has 0 amide bonds. The van der Waals surface area contributed by atoms with Crippen LogP contribution in [0.1, 0.15) is 18.5 Å². The van der Waals surface area contributed by atoms with E-state index in [1.165, 1.54) is 0 Å². The fraction of sp³-hybridized carbons (Fsp3) is 0.385. The molecule has 92 valence electrons. The Bertz CT molecular complexity index is 420. The van der Waals surface area contributed by atoms with Crippen molar-refractivity contribution in [2.45, 2.75) is 13.0 Å². The molecule has 0 aromatic heterocycles. The van der Waals surface area contributed by atoms with E-state index in [2.05, 4.69) is 18.8 Å². The summed E-state index contributed by atoms with van der Waals surface area (Å²) < 4.78 is 11.0. The van der Waals surface area contributed by atoms with Gasteiger partial charge in [-0.1, -0.05) is 24.2 Å². The van der Waals surface area contributed by atoms with E-state index in [0.29, 0.717) is 24.8 Å². The van der Waals surface area contributed by atoms with Crippen molar-refractivity contribution in [1.29, 1.82) is 0 Å². The number of benzene rings is 1. The summed E-state index contributed by atoms with van der Waals surface area (Å²) in [6, 6.07) is 6.17. The summed E-state index contributed by atoms with van der Waals surface area (Å²) in [4.78, 5) is 0. The Labute approximate surface area is 106 Å². The lowest BCUT2D eigenvalue weighted by molar-refractivity contribution is 0.171. The van der Waals surface area contributed by atoms with E-state index in [1.54, 1.807) is 0 Å². The van der Waals surface area contributed by atoms with Crippen LogP contribution in [0.15, 0.2) is 29.8 Å². The number of ether oxygens (including phenoxy) is 2. The number of hydrogen-bond acceptors (Lipinski definition) is 3. The van der Waals surface area contributed by atoms with Gasteiger partial charge >= 0.3 is 0 Å². The van der Waals surface area contributed by atoms with Crippen molar-refractivity contribution in [1.82, 2.24) is 5.32 Å². The largest absolute Gasteiger partial charge is 0.486 e. The second kappa shape index (κ2) is 5.43. The molecule has 1 atom stereocenters. The molecular weight excluding hydrogens is 238 g/mol. The number of rotatable bonds is 4. The molecule has 4 heteroatoms. The topological polar surface area (TPSA) is 30.5 Å². The fourth-order valence-electron chi connectivity index (χ4n) is 1.71. The number of hydrogen-bond donors (Lipinski definition) is 1. The van der Waals surface area contributed by atoms with Crippen LogP contribution < -0.4 is 14.8 Å². The number of nitrogens with one attached hydrogen (secondary N) is 1. The minimum absolute atomic E-state index is 0.196. The first kappa shape index (κ1) is 12.3. The molecule has 1 N–H and O–H groups in total. The van der Waals surface area contributed by atoms with Gasteiger partial charge in [-0.3, -0.25) is 0 Å². The average Bonchev–Trinajstić information content (AvgIpc) is 2.35. The second-order valence-electron chi connectivity index (χ2n) is 4.02. The molecule has 0 spiro atoms. The summed E-state index contributed by atoms with van der Waals surface area (Å²) in [5.74, 6) is 1.63. The van der Waals surface area contributed by atoms with E-state index in [4.69, 9.17) is 21.1 Å². The van der Waals surface area contributed by atoms with E-state index >= 15 is 0 Å². The van der Waals surface area contributed by atoms with E-state index < -0.39 is 0 Å². The van der Waals surface area contributed by atoms with Crippen LogP contribution in [0, 0.1) is 0 Å². The lowest BCUT2D eigenvalue weighted by atomic mass is 10.1. The normalized spacial score (nSPS) is 15.4. The van der Waals surface area contributed by atoms with Gasteiger partial charge in [0, 0.05) is 17.6 Å². The van der Waals surface area contributed by atoms with Crippen LogP contribution in [0.4, 0.5) is 0 Å². The Hall–Kier alpha value is -1.19. The molecule has 1 unspecified atom stereocenters. The SMILES string of the molecule is C=C(Cl)CNC(C)c1ccc2c(c1)OCCO2. The third-order valence-corrected chi connectivity index (χ3v) is 2.80. The monoisotopic (exact) mass is 253 g/mol. The molecule has 0 bridgehead atoms. The van der Waals surface area contributed by atoms with Gasteiger partial charge in [-0.15, -0.1) is 0 Å². The van der Waals surface area contributed by atoms with Gasteiger partial charge in [0.25, 0.3) is 0 Å². The van der Waals surface area contributed by atoms with Crippen molar-refractivity contribution >= 4 is 11.6 Å². The zero-order valence-corrected chi connectivity index (χ0v) is 10.6. The van der Waals surface area contributed by atoms with Gasteiger partial charge in [-0.05, 0) is 24.6 Å². The highest BCUT2D eigenvalue weighted by atomic mass is 35.5. The smallest absolute Gasteiger partial charge is 0.161 e.